The molecule has 0 aliphatic carbocycles. The number of rotatable bonds is 7. The molecule has 1 aliphatic heterocycles. The molecule has 0 atom stereocenters. The van der Waals surface area contributed by atoms with E-state index in [-0.39, 0.29) is 29.4 Å². The molecule has 0 unspecified atom stereocenters. The maximum atomic E-state index is 6.33. The number of guanidine groups is 1. The number of nitrogens with one attached hydrogen (secondary N) is 2. The highest BCUT2D eigenvalue weighted by molar-refractivity contribution is 14.0. The molecule has 1 saturated heterocycles. The molecule has 0 radical (unpaired) electrons. The first-order valence-electron chi connectivity index (χ1n) is 9.62. The zero-order chi connectivity index (χ0) is 19.8. The highest BCUT2D eigenvalue weighted by Crippen LogP contribution is 2.40. The number of hydrogen-bond donors (Lipinski definition) is 2. The number of hydrogen-bond acceptors (Lipinski definition) is 4. The Morgan fingerprint density at radius 2 is 2.07 bits per heavy atom. The second-order valence-electron chi connectivity index (χ2n) is 6.92. The fourth-order valence-electron chi connectivity index (χ4n) is 3.55. The average molecular weight is 550 g/mol. The van der Waals surface area contributed by atoms with Gasteiger partial charge in [-0.25, -0.2) is 4.99 Å². The number of aliphatic imine (C=N–C) groups is 1. The summed E-state index contributed by atoms with van der Waals surface area (Å²) in [5.41, 5.74) is 2.24. The number of halogens is 2. The summed E-state index contributed by atoms with van der Waals surface area (Å²) in [6, 6.07) is 7.96. The van der Waals surface area contributed by atoms with Crippen LogP contribution in [0.1, 0.15) is 30.9 Å². The lowest BCUT2D eigenvalue weighted by Gasteiger charge is -2.39. The van der Waals surface area contributed by atoms with Crippen molar-refractivity contribution >= 4 is 52.9 Å². The van der Waals surface area contributed by atoms with Crippen LogP contribution in [-0.4, -0.2) is 39.4 Å². The fourth-order valence-corrected chi connectivity index (χ4v) is 4.38. The first-order valence-corrected chi connectivity index (χ1v) is 10.9. The third-order valence-corrected chi connectivity index (χ3v) is 6.09. The van der Waals surface area contributed by atoms with E-state index < -0.39 is 0 Å². The lowest BCUT2D eigenvalue weighted by atomic mass is 9.73. The van der Waals surface area contributed by atoms with E-state index in [0.29, 0.717) is 6.54 Å². The smallest absolute Gasteiger partial charge is 0.191 e. The summed E-state index contributed by atoms with van der Waals surface area (Å²) in [6.45, 7) is 5.73. The number of methoxy groups -OCH3 is 1. The molecule has 29 heavy (non-hydrogen) atoms. The summed E-state index contributed by atoms with van der Waals surface area (Å²) in [4.78, 5) is 4.74. The van der Waals surface area contributed by atoms with Crippen LogP contribution in [0.25, 0.3) is 0 Å². The van der Waals surface area contributed by atoms with Gasteiger partial charge in [0, 0.05) is 42.3 Å². The maximum absolute atomic E-state index is 6.33. The largest absolute Gasteiger partial charge is 0.496 e. The van der Waals surface area contributed by atoms with Gasteiger partial charge >= 0.3 is 0 Å². The van der Waals surface area contributed by atoms with Crippen molar-refractivity contribution in [1.29, 1.82) is 0 Å². The van der Waals surface area contributed by atoms with Crippen molar-refractivity contribution in [1.82, 2.24) is 10.6 Å². The predicted octanol–water partition coefficient (Wildman–Crippen LogP) is 4.83. The molecule has 0 bridgehead atoms. The lowest BCUT2D eigenvalue weighted by Crippen LogP contribution is -2.48. The van der Waals surface area contributed by atoms with Crippen molar-refractivity contribution in [2.45, 2.75) is 31.7 Å². The third-order valence-electron chi connectivity index (χ3n) is 5.12. The summed E-state index contributed by atoms with van der Waals surface area (Å²) in [5, 5.41) is 11.8. The normalized spacial score (nSPS) is 16.0. The molecule has 1 fully saturated rings. The van der Waals surface area contributed by atoms with E-state index in [1.54, 1.807) is 18.4 Å². The van der Waals surface area contributed by atoms with Crippen LogP contribution >= 0.6 is 46.9 Å². The molecule has 0 saturated carbocycles. The molecule has 160 valence electrons. The molecule has 1 aromatic heterocycles. The van der Waals surface area contributed by atoms with Gasteiger partial charge in [-0.1, -0.05) is 11.6 Å². The molecule has 2 aromatic rings. The van der Waals surface area contributed by atoms with Gasteiger partial charge in [-0.3, -0.25) is 0 Å². The van der Waals surface area contributed by atoms with Crippen molar-refractivity contribution in [3.05, 3.63) is 51.2 Å². The molecule has 2 N–H and O–H groups in total. The van der Waals surface area contributed by atoms with Crippen LogP contribution in [0.4, 0.5) is 0 Å². The minimum absolute atomic E-state index is 0. The van der Waals surface area contributed by atoms with Gasteiger partial charge in [-0.15, -0.1) is 24.0 Å². The Morgan fingerprint density at radius 1 is 1.28 bits per heavy atom. The highest BCUT2D eigenvalue weighted by atomic mass is 127. The second kappa shape index (κ2) is 12.0. The Labute approximate surface area is 199 Å². The van der Waals surface area contributed by atoms with E-state index >= 15 is 0 Å². The number of benzene rings is 1. The fraction of sp³-hybridized carbons (Fsp3) is 0.476. The molecule has 1 aromatic carbocycles. The Morgan fingerprint density at radius 3 is 2.72 bits per heavy atom. The zero-order valence-electron chi connectivity index (χ0n) is 16.9. The molecule has 3 rings (SSSR count). The van der Waals surface area contributed by atoms with Crippen LogP contribution < -0.4 is 15.4 Å². The van der Waals surface area contributed by atoms with Gasteiger partial charge in [-0.05, 0) is 60.4 Å². The van der Waals surface area contributed by atoms with Crippen molar-refractivity contribution in [2.24, 2.45) is 4.99 Å². The highest BCUT2D eigenvalue weighted by Gasteiger charge is 2.37. The summed E-state index contributed by atoms with van der Waals surface area (Å²) in [5.74, 6) is 1.69. The molecule has 1 aliphatic rings. The lowest BCUT2D eigenvalue weighted by molar-refractivity contribution is 0.0505. The summed E-state index contributed by atoms with van der Waals surface area (Å²) in [6.07, 6.45) is 1.81. The monoisotopic (exact) mass is 549 g/mol. The molecule has 8 heteroatoms. The van der Waals surface area contributed by atoms with Gasteiger partial charge in [0.05, 0.1) is 13.7 Å². The van der Waals surface area contributed by atoms with E-state index in [4.69, 9.17) is 26.1 Å². The second-order valence-corrected chi connectivity index (χ2v) is 8.13. The van der Waals surface area contributed by atoms with E-state index in [1.807, 2.05) is 18.2 Å². The van der Waals surface area contributed by atoms with Crippen molar-refractivity contribution < 1.29 is 9.47 Å². The van der Waals surface area contributed by atoms with E-state index in [9.17, 15) is 0 Å². The molecular formula is C21H29ClIN3O2S. The van der Waals surface area contributed by atoms with Gasteiger partial charge in [0.15, 0.2) is 5.96 Å². The Kier molecular flexibility index (Phi) is 10.0. The summed E-state index contributed by atoms with van der Waals surface area (Å²) < 4.78 is 11.3. The molecular weight excluding hydrogens is 521 g/mol. The van der Waals surface area contributed by atoms with E-state index in [1.165, 1.54) is 5.56 Å². The van der Waals surface area contributed by atoms with Crippen molar-refractivity contribution in [3.63, 3.8) is 0 Å². The van der Waals surface area contributed by atoms with Crippen molar-refractivity contribution in [2.75, 3.05) is 33.4 Å². The Balaban J connectivity index is 0.00000300. The molecule has 0 spiro atoms. The van der Waals surface area contributed by atoms with Gasteiger partial charge in [-0.2, -0.15) is 11.3 Å². The maximum Gasteiger partial charge on any atom is 0.191 e. The first kappa shape index (κ1) is 24.2. The number of thiophene rings is 1. The van der Waals surface area contributed by atoms with Crippen LogP contribution in [0.3, 0.4) is 0 Å². The molecule has 2 heterocycles. The van der Waals surface area contributed by atoms with E-state index in [2.05, 4.69) is 34.4 Å². The number of nitrogens with zero attached hydrogens (tertiary/aromatic N) is 1. The summed E-state index contributed by atoms with van der Waals surface area (Å²) >= 11 is 8.02. The van der Waals surface area contributed by atoms with Crippen LogP contribution in [0, 0.1) is 0 Å². The van der Waals surface area contributed by atoms with Crippen LogP contribution in [0.2, 0.25) is 5.02 Å². The van der Waals surface area contributed by atoms with Gasteiger partial charge in [0.2, 0.25) is 0 Å². The molecule has 0 amide bonds. The SMILES string of the molecule is CCNC(=NCc1ccsc1)NCC1(c2cc(Cl)ccc2OC)CCOCC1.I. The predicted molar refractivity (Wildman–Crippen MR) is 132 cm³/mol. The quantitative estimate of drug-likeness (QED) is 0.295. The van der Waals surface area contributed by atoms with E-state index in [0.717, 1.165) is 61.4 Å². The number of ether oxygens (including phenoxy) is 2. The van der Waals surface area contributed by atoms with Crippen LogP contribution in [-0.2, 0) is 16.7 Å². The van der Waals surface area contributed by atoms with Crippen molar-refractivity contribution in [3.8, 4) is 5.75 Å². The topological polar surface area (TPSA) is 54.9 Å². The first-order chi connectivity index (χ1) is 13.7. The third kappa shape index (κ3) is 6.47. The molecule has 5 nitrogen and oxygen atoms in total. The van der Waals surface area contributed by atoms with Gasteiger partial charge < -0.3 is 20.1 Å². The van der Waals surface area contributed by atoms with Crippen LogP contribution in [0.5, 0.6) is 5.75 Å². The zero-order valence-corrected chi connectivity index (χ0v) is 20.8. The van der Waals surface area contributed by atoms with Gasteiger partial charge in [0.25, 0.3) is 0 Å². The minimum Gasteiger partial charge on any atom is -0.496 e. The summed E-state index contributed by atoms with van der Waals surface area (Å²) in [7, 11) is 1.71. The van der Waals surface area contributed by atoms with Gasteiger partial charge in [0.1, 0.15) is 5.75 Å². The Hall–Kier alpha value is -1.03. The van der Waals surface area contributed by atoms with Crippen LogP contribution in [0.15, 0.2) is 40.0 Å². The average Bonchev–Trinajstić information content (AvgIpc) is 3.24. The minimum atomic E-state index is -0.118. The Bertz CT molecular complexity index is 780. The standard InChI is InChI=1S/C21H28ClN3O2S.HI/c1-3-23-20(24-13-16-6-11-28-14-16)25-15-21(7-9-27-10-8-21)18-12-17(22)4-5-19(18)26-2;/h4-6,11-12,14H,3,7-10,13,15H2,1-2H3,(H2,23,24,25);1H.